The van der Waals surface area contributed by atoms with Gasteiger partial charge in [-0.15, -0.1) is 0 Å². The van der Waals surface area contributed by atoms with Crippen LogP contribution in [-0.4, -0.2) is 22.0 Å². The molecule has 3 saturated carbocycles. The van der Waals surface area contributed by atoms with Gasteiger partial charge < -0.3 is 4.74 Å². The third-order valence-electron chi connectivity index (χ3n) is 12.7. The summed E-state index contributed by atoms with van der Waals surface area (Å²) in [6, 6.07) is 7.68. The first-order valence-corrected chi connectivity index (χ1v) is 17.4. The Morgan fingerprint density at radius 2 is 1.70 bits per heavy atom. The molecular weight excluding hydrogens is 528 g/mol. The molecule has 0 saturated heterocycles. The summed E-state index contributed by atoms with van der Waals surface area (Å²) in [5.74, 6) is 4.80. The van der Waals surface area contributed by atoms with Crippen LogP contribution >= 0.6 is 0 Å². The van der Waals surface area contributed by atoms with Crippen molar-refractivity contribution in [2.75, 3.05) is 0 Å². The van der Waals surface area contributed by atoms with E-state index in [4.69, 9.17) is 4.74 Å². The van der Waals surface area contributed by atoms with Crippen molar-refractivity contribution >= 4 is 5.97 Å². The number of hydrogen-bond donors (Lipinski definition) is 0. The molecule has 0 aromatic carbocycles. The maximum atomic E-state index is 13.1. The van der Waals surface area contributed by atoms with Crippen molar-refractivity contribution in [3.63, 3.8) is 0 Å². The molecule has 0 radical (unpaired) electrons. The number of nitrogens with zero attached hydrogens (tertiary/aromatic N) is 2. The number of carbonyl (C=O) groups excluding carboxylic acids is 1. The molecule has 2 aromatic heterocycles. The minimum Gasteiger partial charge on any atom is -0.458 e. The summed E-state index contributed by atoms with van der Waals surface area (Å²) >= 11 is 0. The van der Waals surface area contributed by atoms with Gasteiger partial charge in [0.25, 0.3) is 0 Å². The Balaban J connectivity index is 1.09. The molecule has 2 aromatic rings. The first kappa shape index (κ1) is 30.5. The number of rotatable bonds is 8. The van der Waals surface area contributed by atoms with Gasteiger partial charge in [-0.1, -0.05) is 71.6 Å². The van der Waals surface area contributed by atoms with Gasteiger partial charge >= 0.3 is 5.97 Å². The molecular formula is C39H54N2O2. The van der Waals surface area contributed by atoms with E-state index < -0.39 is 0 Å². The van der Waals surface area contributed by atoms with Gasteiger partial charge in [0.15, 0.2) is 0 Å². The molecule has 232 valence electrons. The van der Waals surface area contributed by atoms with Crippen LogP contribution in [-0.2, 0) is 4.74 Å². The molecule has 43 heavy (non-hydrogen) atoms. The van der Waals surface area contributed by atoms with E-state index in [2.05, 4.69) is 50.7 Å². The second-order valence-electron chi connectivity index (χ2n) is 15.7. The van der Waals surface area contributed by atoms with Crippen molar-refractivity contribution in [2.24, 2.45) is 46.3 Å². The van der Waals surface area contributed by atoms with Crippen molar-refractivity contribution in [3.8, 4) is 11.4 Å². The average molecular weight is 583 g/mol. The van der Waals surface area contributed by atoms with Gasteiger partial charge in [0.1, 0.15) is 6.10 Å². The van der Waals surface area contributed by atoms with Crippen LogP contribution in [0.3, 0.4) is 0 Å². The van der Waals surface area contributed by atoms with Crippen molar-refractivity contribution in [3.05, 3.63) is 59.4 Å². The smallest absolute Gasteiger partial charge is 0.339 e. The Labute approximate surface area is 260 Å². The summed E-state index contributed by atoms with van der Waals surface area (Å²) < 4.78 is 6.11. The van der Waals surface area contributed by atoms with E-state index in [0.717, 1.165) is 71.7 Å². The van der Waals surface area contributed by atoms with Crippen molar-refractivity contribution in [1.82, 2.24) is 9.97 Å². The number of carbonyl (C=O) groups is 1. The number of allylic oxidation sites excluding steroid dienone is 1. The summed E-state index contributed by atoms with van der Waals surface area (Å²) in [5.41, 5.74) is 5.56. The lowest BCUT2D eigenvalue weighted by atomic mass is 9.47. The third kappa shape index (κ3) is 5.85. The average Bonchev–Trinajstić information content (AvgIpc) is 3.35. The molecule has 0 aliphatic heterocycles. The van der Waals surface area contributed by atoms with Gasteiger partial charge in [0.2, 0.25) is 0 Å². The van der Waals surface area contributed by atoms with Gasteiger partial charge in [-0.3, -0.25) is 9.97 Å². The van der Waals surface area contributed by atoms with E-state index in [1.54, 1.807) is 11.8 Å². The predicted octanol–water partition coefficient (Wildman–Crippen LogP) is 10.0. The molecule has 0 bridgehead atoms. The van der Waals surface area contributed by atoms with Gasteiger partial charge in [-0.05, 0) is 122 Å². The molecule has 0 N–H and O–H groups in total. The van der Waals surface area contributed by atoms with E-state index in [-0.39, 0.29) is 17.5 Å². The van der Waals surface area contributed by atoms with Crippen LogP contribution in [0.5, 0.6) is 0 Å². The standard InChI is InChI=1S/C39H54N2O2/c1-25(2)8-7-9-27(4)32-14-15-33-31-13-12-29-22-30(18-20-38(29,5)34(31)19-21-39(32,33)6)43-37(42)28-11-17-36(41-24-28)35-16-10-26(3)23-40-35/h10-12,16-17,23-25,27,30-34H,7-9,13-15,18-22H2,1-6H3/t27-,30?,31+,32-,33+,34+,38+,39-/m1/s1. The topological polar surface area (TPSA) is 52.1 Å². The minimum atomic E-state index is -0.258. The Bertz CT molecular complexity index is 1310. The highest BCUT2D eigenvalue weighted by molar-refractivity contribution is 5.89. The number of fused-ring (bicyclic) bond motifs is 5. The van der Waals surface area contributed by atoms with Gasteiger partial charge in [0.05, 0.1) is 17.0 Å². The minimum absolute atomic E-state index is 0.0433. The van der Waals surface area contributed by atoms with Crippen molar-refractivity contribution in [2.45, 2.75) is 118 Å². The molecule has 4 aliphatic carbocycles. The highest BCUT2D eigenvalue weighted by Crippen LogP contribution is 2.67. The van der Waals surface area contributed by atoms with Crippen LogP contribution in [0, 0.1) is 53.3 Å². The Morgan fingerprint density at radius 1 is 0.930 bits per heavy atom. The number of hydrogen-bond acceptors (Lipinski definition) is 4. The van der Waals surface area contributed by atoms with Gasteiger partial charge in [-0.2, -0.15) is 0 Å². The summed E-state index contributed by atoms with van der Waals surface area (Å²) in [4.78, 5) is 22.1. The normalized spacial score (nSPS) is 34.1. The maximum absolute atomic E-state index is 13.1. The van der Waals surface area contributed by atoms with E-state index in [1.807, 2.05) is 37.4 Å². The molecule has 0 amide bonds. The molecule has 8 atom stereocenters. The van der Waals surface area contributed by atoms with Crippen LogP contribution in [0.15, 0.2) is 48.3 Å². The zero-order valence-corrected chi connectivity index (χ0v) is 27.6. The highest BCUT2D eigenvalue weighted by atomic mass is 16.5. The van der Waals surface area contributed by atoms with E-state index in [1.165, 1.54) is 51.4 Å². The van der Waals surface area contributed by atoms with Crippen LogP contribution in [0.1, 0.15) is 121 Å². The Kier molecular flexibility index (Phi) is 8.61. The highest BCUT2D eigenvalue weighted by Gasteiger charge is 2.59. The number of pyridine rings is 2. The van der Waals surface area contributed by atoms with E-state index in [9.17, 15) is 4.79 Å². The molecule has 4 heteroatoms. The Hall–Kier alpha value is -2.49. The zero-order valence-electron chi connectivity index (χ0n) is 27.6. The molecule has 0 spiro atoms. The monoisotopic (exact) mass is 582 g/mol. The lowest BCUT2D eigenvalue weighted by Crippen LogP contribution is -2.51. The molecule has 6 rings (SSSR count). The number of aryl methyl sites for hydroxylation is 1. The molecule has 4 nitrogen and oxygen atoms in total. The second kappa shape index (κ2) is 12.1. The quantitative estimate of drug-likeness (QED) is 0.230. The summed E-state index contributed by atoms with van der Waals surface area (Å²) in [6.45, 7) is 14.6. The van der Waals surface area contributed by atoms with E-state index >= 15 is 0 Å². The lowest BCUT2D eigenvalue weighted by Gasteiger charge is -2.58. The SMILES string of the molecule is Cc1ccc(-c2ccc(C(=O)OC3CC[C@@]4(C)C(=CC[C@H]5[C@@H]6CC[C@H]([C@H](C)CCCC(C)C)[C@@]6(C)CC[C@@H]54)C3)cn2)nc1. The molecule has 4 aliphatic rings. The van der Waals surface area contributed by atoms with Crippen molar-refractivity contribution < 1.29 is 9.53 Å². The molecule has 2 heterocycles. The summed E-state index contributed by atoms with van der Waals surface area (Å²) in [5, 5.41) is 0. The van der Waals surface area contributed by atoms with Crippen LogP contribution < -0.4 is 0 Å². The summed E-state index contributed by atoms with van der Waals surface area (Å²) in [7, 11) is 0. The first-order chi connectivity index (χ1) is 20.6. The van der Waals surface area contributed by atoms with Crippen LogP contribution in [0.25, 0.3) is 11.4 Å². The maximum Gasteiger partial charge on any atom is 0.339 e. The van der Waals surface area contributed by atoms with Crippen molar-refractivity contribution in [1.29, 1.82) is 0 Å². The van der Waals surface area contributed by atoms with Crippen LogP contribution in [0.4, 0.5) is 0 Å². The predicted molar refractivity (Wildman–Crippen MR) is 174 cm³/mol. The Morgan fingerprint density at radius 3 is 2.40 bits per heavy atom. The second-order valence-corrected chi connectivity index (χ2v) is 15.7. The zero-order chi connectivity index (χ0) is 30.4. The first-order valence-electron chi connectivity index (χ1n) is 17.4. The lowest BCUT2D eigenvalue weighted by molar-refractivity contribution is -0.0594. The van der Waals surface area contributed by atoms with Gasteiger partial charge in [0, 0.05) is 18.8 Å². The number of ether oxygens (including phenoxy) is 1. The number of esters is 1. The summed E-state index contributed by atoms with van der Waals surface area (Å²) in [6.07, 6.45) is 20.1. The fourth-order valence-electron chi connectivity index (χ4n) is 10.3. The molecule has 1 unspecified atom stereocenters. The molecule has 3 fully saturated rings. The fraction of sp³-hybridized carbons (Fsp3) is 0.667. The van der Waals surface area contributed by atoms with Crippen LogP contribution in [0.2, 0.25) is 0 Å². The van der Waals surface area contributed by atoms with E-state index in [0.29, 0.717) is 11.0 Å². The third-order valence-corrected chi connectivity index (χ3v) is 12.7. The van der Waals surface area contributed by atoms with Gasteiger partial charge in [-0.25, -0.2) is 4.79 Å². The fourth-order valence-corrected chi connectivity index (χ4v) is 10.3. The number of aromatic nitrogens is 2. The largest absolute Gasteiger partial charge is 0.458 e.